The van der Waals surface area contributed by atoms with Crippen LogP contribution in [-0.2, 0) is 25.7 Å². The van der Waals surface area contributed by atoms with E-state index in [-0.39, 0.29) is 0 Å². The summed E-state index contributed by atoms with van der Waals surface area (Å²) in [5, 5.41) is 5.86. The minimum Gasteiger partial charge on any atom is -0.361 e. The fourth-order valence-corrected chi connectivity index (χ4v) is 4.35. The molecule has 0 aliphatic heterocycles. The van der Waals surface area contributed by atoms with Gasteiger partial charge in [0.1, 0.15) is 0 Å². The van der Waals surface area contributed by atoms with Crippen LogP contribution in [0.2, 0.25) is 0 Å². The molecule has 5 rings (SSSR count). The molecule has 2 aliphatic rings. The van der Waals surface area contributed by atoms with Crippen LogP contribution in [0.15, 0.2) is 54.2 Å². The number of thioether (sulfide) groups is 1. The number of anilines is 1. The van der Waals surface area contributed by atoms with Crippen LogP contribution in [0, 0.1) is 0 Å². The third-order valence-corrected chi connectivity index (χ3v) is 6.30. The topological polar surface area (TPSA) is 27.8 Å². The van der Waals surface area contributed by atoms with Crippen LogP contribution in [0.1, 0.15) is 41.2 Å². The molecule has 0 fully saturated rings. The summed E-state index contributed by atoms with van der Waals surface area (Å²) in [4.78, 5) is 3.19. The van der Waals surface area contributed by atoms with Gasteiger partial charge in [-0.05, 0) is 83.7 Å². The number of fused-ring (bicyclic) bond motifs is 3. The summed E-state index contributed by atoms with van der Waals surface area (Å²) in [6.45, 7) is 6.22. The van der Waals surface area contributed by atoms with E-state index in [2.05, 4.69) is 72.5 Å². The Balaban J connectivity index is 0.000000151. The summed E-state index contributed by atoms with van der Waals surface area (Å²) < 4.78 is 0. The standard InChI is InChI=1S/C15H17NS.C10H11N/c1-10(17-2)16-15-13-7-3-5-11(13)9-12-6-4-8-14(12)15;1-2-8-3-4-9-5-6-11-10(9)7-8/h3,5,9,16H,1,4,6-8H2,2H3;3-7,11H,2H2,1H3. The minimum atomic E-state index is 1.04. The predicted molar refractivity (Wildman–Crippen MR) is 125 cm³/mol. The zero-order chi connectivity index (χ0) is 19.5. The third-order valence-electron chi connectivity index (χ3n) is 5.70. The summed E-state index contributed by atoms with van der Waals surface area (Å²) in [7, 11) is 0. The van der Waals surface area contributed by atoms with Crippen molar-refractivity contribution in [3.8, 4) is 0 Å². The van der Waals surface area contributed by atoms with Crippen molar-refractivity contribution in [1.29, 1.82) is 0 Å². The largest absolute Gasteiger partial charge is 0.361 e. The Hall–Kier alpha value is -2.39. The SMILES string of the molecule is C=C(Nc1c2c(cc3c1CCC3)C=CC2)SC.CCc1ccc2cc[nH]c2c1. The molecule has 0 saturated carbocycles. The molecular weight excluding hydrogens is 360 g/mol. The Morgan fingerprint density at radius 3 is 2.89 bits per heavy atom. The monoisotopic (exact) mass is 388 g/mol. The average molecular weight is 389 g/mol. The number of aryl methyl sites for hydroxylation is 2. The highest BCUT2D eigenvalue weighted by atomic mass is 32.2. The summed E-state index contributed by atoms with van der Waals surface area (Å²) >= 11 is 1.68. The number of hydrogen-bond acceptors (Lipinski definition) is 2. The molecule has 0 bridgehead atoms. The molecule has 0 saturated heterocycles. The van der Waals surface area contributed by atoms with Crippen LogP contribution >= 0.6 is 11.8 Å². The highest BCUT2D eigenvalue weighted by Gasteiger charge is 2.21. The van der Waals surface area contributed by atoms with E-state index in [1.165, 1.54) is 63.7 Å². The second kappa shape index (κ2) is 8.32. The van der Waals surface area contributed by atoms with Crippen molar-refractivity contribution in [3.05, 3.63) is 82.0 Å². The Morgan fingerprint density at radius 1 is 1.18 bits per heavy atom. The summed E-state index contributed by atoms with van der Waals surface area (Å²) in [6, 6.07) is 11.0. The van der Waals surface area contributed by atoms with Gasteiger partial charge >= 0.3 is 0 Å². The molecule has 144 valence electrons. The molecule has 2 N–H and O–H groups in total. The van der Waals surface area contributed by atoms with Crippen LogP contribution in [0.3, 0.4) is 0 Å². The zero-order valence-corrected chi connectivity index (χ0v) is 17.6. The Morgan fingerprint density at radius 2 is 2.07 bits per heavy atom. The van der Waals surface area contributed by atoms with E-state index in [0.717, 1.165) is 17.9 Å². The lowest BCUT2D eigenvalue weighted by Gasteiger charge is -2.17. The summed E-state index contributed by atoms with van der Waals surface area (Å²) in [6.07, 6.45) is 14.5. The molecule has 3 aromatic rings. The van der Waals surface area contributed by atoms with Crippen molar-refractivity contribution >= 4 is 34.4 Å². The predicted octanol–water partition coefficient (Wildman–Crippen LogP) is 6.72. The van der Waals surface area contributed by atoms with Gasteiger partial charge in [0.2, 0.25) is 0 Å². The van der Waals surface area contributed by atoms with Gasteiger partial charge < -0.3 is 10.3 Å². The van der Waals surface area contributed by atoms with Crippen LogP contribution in [-0.4, -0.2) is 11.2 Å². The minimum absolute atomic E-state index is 1.04. The first kappa shape index (κ1) is 18.9. The Bertz CT molecular complexity index is 1040. The number of aromatic nitrogens is 1. The molecule has 0 spiro atoms. The lowest BCUT2D eigenvalue weighted by Crippen LogP contribution is -2.03. The molecule has 2 aromatic carbocycles. The molecule has 1 aromatic heterocycles. The van der Waals surface area contributed by atoms with Gasteiger partial charge in [-0.3, -0.25) is 0 Å². The van der Waals surface area contributed by atoms with Gasteiger partial charge in [-0.15, -0.1) is 11.8 Å². The molecule has 2 aliphatic carbocycles. The number of hydrogen-bond donors (Lipinski definition) is 2. The van der Waals surface area contributed by atoms with Crippen molar-refractivity contribution in [2.24, 2.45) is 0 Å². The van der Waals surface area contributed by atoms with E-state index >= 15 is 0 Å². The first-order valence-corrected chi connectivity index (χ1v) is 11.3. The number of benzene rings is 2. The van der Waals surface area contributed by atoms with Crippen LogP contribution in [0.25, 0.3) is 17.0 Å². The van der Waals surface area contributed by atoms with E-state index in [1.54, 1.807) is 11.8 Å². The van der Waals surface area contributed by atoms with Gasteiger partial charge in [0.05, 0.1) is 5.03 Å². The molecule has 2 nitrogen and oxygen atoms in total. The molecule has 1 heterocycles. The van der Waals surface area contributed by atoms with E-state index in [4.69, 9.17) is 0 Å². The second-order valence-corrected chi connectivity index (χ2v) is 8.32. The summed E-state index contributed by atoms with van der Waals surface area (Å²) in [5.74, 6) is 0. The van der Waals surface area contributed by atoms with Crippen LogP contribution in [0.5, 0.6) is 0 Å². The van der Waals surface area contributed by atoms with Crippen molar-refractivity contribution in [3.63, 3.8) is 0 Å². The molecular formula is C25H28N2S. The molecule has 0 atom stereocenters. The van der Waals surface area contributed by atoms with Crippen molar-refractivity contribution in [2.45, 2.75) is 39.0 Å². The lowest BCUT2D eigenvalue weighted by atomic mass is 9.98. The Labute approximate surface area is 172 Å². The number of rotatable bonds is 4. The first-order chi connectivity index (χ1) is 13.7. The van der Waals surface area contributed by atoms with Crippen LogP contribution in [0.4, 0.5) is 5.69 Å². The van der Waals surface area contributed by atoms with E-state index in [9.17, 15) is 0 Å². The zero-order valence-electron chi connectivity index (χ0n) is 16.8. The molecule has 0 radical (unpaired) electrons. The van der Waals surface area contributed by atoms with E-state index in [1.807, 2.05) is 6.20 Å². The van der Waals surface area contributed by atoms with Crippen molar-refractivity contribution in [1.82, 2.24) is 4.98 Å². The van der Waals surface area contributed by atoms with Crippen LogP contribution < -0.4 is 5.32 Å². The average Bonchev–Trinajstić information content (AvgIpc) is 3.47. The first-order valence-electron chi connectivity index (χ1n) is 10.1. The van der Waals surface area contributed by atoms with Gasteiger partial charge in [-0.25, -0.2) is 0 Å². The number of aromatic amines is 1. The second-order valence-electron chi connectivity index (χ2n) is 7.42. The molecule has 28 heavy (non-hydrogen) atoms. The highest BCUT2D eigenvalue weighted by molar-refractivity contribution is 8.02. The number of H-pyrrole nitrogens is 1. The van der Waals surface area contributed by atoms with Gasteiger partial charge in [0.25, 0.3) is 0 Å². The van der Waals surface area contributed by atoms with Gasteiger partial charge in [0.15, 0.2) is 0 Å². The maximum Gasteiger partial charge on any atom is 0.0649 e. The number of nitrogens with one attached hydrogen (secondary N) is 2. The van der Waals surface area contributed by atoms with Crippen molar-refractivity contribution in [2.75, 3.05) is 11.6 Å². The fraction of sp³-hybridized carbons (Fsp3) is 0.280. The maximum atomic E-state index is 4.05. The quantitative estimate of drug-likeness (QED) is 0.519. The Kier molecular flexibility index (Phi) is 5.63. The lowest BCUT2D eigenvalue weighted by molar-refractivity contribution is 0.912. The summed E-state index contributed by atoms with van der Waals surface area (Å²) in [5.41, 5.74) is 9.90. The normalized spacial score (nSPS) is 13.8. The third kappa shape index (κ3) is 3.77. The highest BCUT2D eigenvalue weighted by Crippen LogP contribution is 2.38. The smallest absolute Gasteiger partial charge is 0.0649 e. The molecule has 3 heteroatoms. The van der Waals surface area contributed by atoms with Gasteiger partial charge in [-0.2, -0.15) is 0 Å². The van der Waals surface area contributed by atoms with Gasteiger partial charge in [-0.1, -0.05) is 43.9 Å². The molecule has 0 amide bonds. The maximum absolute atomic E-state index is 4.05. The van der Waals surface area contributed by atoms with Crippen molar-refractivity contribution < 1.29 is 0 Å². The van der Waals surface area contributed by atoms with E-state index < -0.39 is 0 Å². The van der Waals surface area contributed by atoms with E-state index in [0.29, 0.717) is 0 Å². The van der Waals surface area contributed by atoms with Gasteiger partial charge in [0, 0.05) is 17.4 Å². The number of allylic oxidation sites excluding steroid dienone is 1. The fourth-order valence-electron chi connectivity index (χ4n) is 4.14. The molecule has 0 unspecified atom stereocenters.